The van der Waals surface area contributed by atoms with Gasteiger partial charge in [0.25, 0.3) is 0 Å². The lowest BCUT2D eigenvalue weighted by atomic mass is 9.93. The number of ether oxygens (including phenoxy) is 1. The van der Waals surface area contributed by atoms with Gasteiger partial charge >= 0.3 is 18.1 Å². The predicted octanol–water partition coefficient (Wildman–Crippen LogP) is 4.93. The summed E-state index contributed by atoms with van der Waals surface area (Å²) in [6.45, 7) is -0.528. The fourth-order valence-corrected chi connectivity index (χ4v) is 3.90. The fourth-order valence-electron chi connectivity index (χ4n) is 3.03. The van der Waals surface area contributed by atoms with E-state index >= 15 is 0 Å². The summed E-state index contributed by atoms with van der Waals surface area (Å²) < 4.78 is 42.5. The predicted molar refractivity (Wildman–Crippen MR) is 108 cm³/mol. The van der Waals surface area contributed by atoms with E-state index in [-0.39, 0.29) is 0 Å². The number of amides is 1. The van der Waals surface area contributed by atoms with E-state index in [1.807, 2.05) is 54.6 Å². The molecule has 156 valence electrons. The molecule has 0 aliphatic heterocycles. The average Bonchev–Trinajstić information content (AvgIpc) is 2.73. The summed E-state index contributed by atoms with van der Waals surface area (Å²) in [5.74, 6) is -3.91. The lowest BCUT2D eigenvalue weighted by molar-refractivity contribution is -0.173. The van der Waals surface area contributed by atoms with Crippen molar-refractivity contribution in [3.8, 4) is 0 Å². The van der Waals surface area contributed by atoms with E-state index in [0.717, 1.165) is 22.3 Å². The molecular weight excluding hydrogens is 415 g/mol. The van der Waals surface area contributed by atoms with Gasteiger partial charge in [-0.3, -0.25) is 9.59 Å². The second-order valence-corrected chi connectivity index (χ2v) is 7.58. The second-order valence-electron chi connectivity index (χ2n) is 6.43. The molecule has 0 aliphatic rings. The molecule has 0 aromatic heterocycles. The van der Waals surface area contributed by atoms with Crippen molar-refractivity contribution in [2.75, 3.05) is 13.7 Å². The topological polar surface area (TPSA) is 55.4 Å². The molecule has 3 aromatic carbocycles. The van der Waals surface area contributed by atoms with Crippen LogP contribution >= 0.6 is 11.8 Å². The number of halogens is 3. The quantitative estimate of drug-likeness (QED) is 0.561. The highest BCUT2D eigenvalue weighted by atomic mass is 32.2. The molecule has 4 nitrogen and oxygen atoms in total. The first kappa shape index (κ1) is 21.7. The number of methoxy groups -OCH3 is 1. The van der Waals surface area contributed by atoms with Crippen LogP contribution in [0.3, 0.4) is 0 Å². The molecule has 1 atom stereocenters. The van der Waals surface area contributed by atoms with Crippen LogP contribution in [0, 0.1) is 0 Å². The van der Waals surface area contributed by atoms with Gasteiger partial charge in [0.15, 0.2) is 0 Å². The minimum Gasteiger partial charge on any atom is -0.468 e. The number of alkyl halides is 3. The molecule has 0 aliphatic carbocycles. The third-order valence-electron chi connectivity index (χ3n) is 4.45. The summed E-state index contributed by atoms with van der Waals surface area (Å²) in [5.41, 5.74) is 0.484. The molecule has 1 unspecified atom stereocenters. The number of carbonyl (C=O) groups is 2. The van der Waals surface area contributed by atoms with Gasteiger partial charge in [-0.15, -0.1) is 0 Å². The number of hydrogen-bond donors (Lipinski definition) is 1. The van der Waals surface area contributed by atoms with Crippen molar-refractivity contribution < 1.29 is 27.5 Å². The Balaban J connectivity index is 1.96. The van der Waals surface area contributed by atoms with Gasteiger partial charge in [0.2, 0.25) is 0 Å². The van der Waals surface area contributed by atoms with E-state index in [9.17, 15) is 22.8 Å². The van der Waals surface area contributed by atoms with E-state index in [1.54, 1.807) is 17.4 Å². The first-order chi connectivity index (χ1) is 14.3. The van der Waals surface area contributed by atoms with Crippen LogP contribution < -0.4 is 5.32 Å². The summed E-state index contributed by atoms with van der Waals surface area (Å²) in [6.07, 6.45) is -5.03. The lowest BCUT2D eigenvalue weighted by Crippen LogP contribution is -2.40. The molecule has 0 bridgehead atoms. The maximum Gasteiger partial charge on any atom is 0.471 e. The van der Waals surface area contributed by atoms with Crippen molar-refractivity contribution >= 4 is 34.4 Å². The molecule has 0 heterocycles. The van der Waals surface area contributed by atoms with Crippen molar-refractivity contribution in [1.29, 1.82) is 0 Å². The van der Waals surface area contributed by atoms with Gasteiger partial charge in [-0.25, -0.2) is 0 Å². The van der Waals surface area contributed by atoms with Crippen LogP contribution in [0.2, 0.25) is 0 Å². The normalized spacial score (nSPS) is 12.4. The number of esters is 1. The first-order valence-corrected chi connectivity index (χ1v) is 9.79. The molecule has 0 saturated heterocycles. The maximum absolute atomic E-state index is 12.6. The van der Waals surface area contributed by atoms with Crippen LogP contribution in [0.5, 0.6) is 0 Å². The Hall–Kier alpha value is -3.00. The van der Waals surface area contributed by atoms with Gasteiger partial charge in [-0.2, -0.15) is 13.2 Å². The molecule has 3 aromatic rings. The summed E-state index contributed by atoms with van der Waals surface area (Å²) in [6, 6.07) is 20.6. The monoisotopic (exact) mass is 433 g/mol. The Labute approximate surface area is 175 Å². The largest absolute Gasteiger partial charge is 0.471 e. The van der Waals surface area contributed by atoms with Crippen molar-refractivity contribution in [2.45, 2.75) is 21.9 Å². The molecule has 30 heavy (non-hydrogen) atoms. The van der Waals surface area contributed by atoms with Crippen LogP contribution in [0.1, 0.15) is 11.5 Å². The lowest BCUT2D eigenvalue weighted by Gasteiger charge is -2.19. The molecule has 0 radical (unpaired) electrons. The summed E-state index contributed by atoms with van der Waals surface area (Å²) in [5, 5.41) is 3.31. The van der Waals surface area contributed by atoms with Gasteiger partial charge in [-0.1, -0.05) is 54.2 Å². The zero-order valence-corrected chi connectivity index (χ0v) is 16.7. The van der Waals surface area contributed by atoms with Gasteiger partial charge in [-0.05, 0) is 40.6 Å². The summed E-state index contributed by atoms with van der Waals surface area (Å²) in [4.78, 5) is 25.5. The summed E-state index contributed by atoms with van der Waals surface area (Å²) >= 11 is 1.52. The molecule has 1 amide bonds. The highest BCUT2D eigenvalue weighted by Crippen LogP contribution is 2.33. The minimum absolute atomic E-state index is 0.484. The molecular formula is C22H18F3NO3S. The highest BCUT2D eigenvalue weighted by Gasteiger charge is 2.39. The van der Waals surface area contributed by atoms with Crippen LogP contribution in [0.15, 0.2) is 76.5 Å². The Morgan fingerprint density at radius 2 is 1.73 bits per heavy atom. The number of carbonyl (C=O) groups excluding carboxylic acids is 2. The molecule has 8 heteroatoms. The second kappa shape index (κ2) is 9.21. The highest BCUT2D eigenvalue weighted by molar-refractivity contribution is 7.99. The number of nitrogens with one attached hydrogen (secondary N) is 1. The zero-order valence-electron chi connectivity index (χ0n) is 15.9. The Bertz CT molecular complexity index is 1050. The smallest absolute Gasteiger partial charge is 0.468 e. The van der Waals surface area contributed by atoms with Gasteiger partial charge in [0.05, 0.1) is 13.0 Å². The van der Waals surface area contributed by atoms with E-state index in [4.69, 9.17) is 4.74 Å². The Morgan fingerprint density at radius 1 is 1.00 bits per heavy atom. The van der Waals surface area contributed by atoms with Crippen molar-refractivity contribution in [3.63, 3.8) is 0 Å². The maximum atomic E-state index is 12.6. The standard InChI is InChI=1S/C22H18F3NO3S/c1-29-20(27)19(13-26-21(28)22(23,24)25)17-9-5-6-14-10-11-16(12-18(14)17)30-15-7-3-2-4-8-15/h2-12,19H,13H2,1H3,(H,26,28). The molecule has 0 fully saturated rings. The van der Waals surface area contributed by atoms with Crippen LogP contribution in [-0.4, -0.2) is 31.7 Å². The first-order valence-electron chi connectivity index (χ1n) is 8.98. The number of rotatable bonds is 6. The van der Waals surface area contributed by atoms with Gasteiger partial charge < -0.3 is 10.1 Å². The fraction of sp³-hybridized carbons (Fsp3) is 0.182. The SMILES string of the molecule is COC(=O)C(CNC(=O)C(F)(F)F)c1cccc2ccc(Sc3ccccc3)cc12. The van der Waals surface area contributed by atoms with E-state index in [1.165, 1.54) is 11.8 Å². The molecule has 3 rings (SSSR count). The van der Waals surface area contributed by atoms with E-state index < -0.39 is 30.5 Å². The Morgan fingerprint density at radius 3 is 2.40 bits per heavy atom. The molecule has 0 spiro atoms. The van der Waals surface area contributed by atoms with Gasteiger partial charge in [0, 0.05) is 16.3 Å². The molecule has 0 saturated carbocycles. The van der Waals surface area contributed by atoms with E-state index in [2.05, 4.69) is 0 Å². The van der Waals surface area contributed by atoms with Crippen LogP contribution in [0.4, 0.5) is 13.2 Å². The van der Waals surface area contributed by atoms with E-state index in [0.29, 0.717) is 10.9 Å². The van der Waals surface area contributed by atoms with Crippen molar-refractivity contribution in [1.82, 2.24) is 5.32 Å². The van der Waals surface area contributed by atoms with Crippen molar-refractivity contribution in [3.05, 3.63) is 72.3 Å². The minimum atomic E-state index is -5.03. The Kier molecular flexibility index (Phi) is 6.66. The van der Waals surface area contributed by atoms with Crippen LogP contribution in [0.25, 0.3) is 10.8 Å². The number of hydrogen-bond acceptors (Lipinski definition) is 4. The van der Waals surface area contributed by atoms with Crippen LogP contribution in [-0.2, 0) is 14.3 Å². The molecule has 1 N–H and O–H groups in total. The third-order valence-corrected chi connectivity index (χ3v) is 5.45. The third kappa shape index (κ3) is 5.13. The number of benzene rings is 3. The zero-order chi connectivity index (χ0) is 21.7. The average molecular weight is 433 g/mol. The summed E-state index contributed by atoms with van der Waals surface area (Å²) in [7, 11) is 1.16. The number of fused-ring (bicyclic) bond motifs is 1. The van der Waals surface area contributed by atoms with Crippen molar-refractivity contribution in [2.24, 2.45) is 0 Å². The van der Waals surface area contributed by atoms with Gasteiger partial charge in [0.1, 0.15) is 0 Å².